The van der Waals surface area contributed by atoms with Gasteiger partial charge in [0.2, 0.25) is 0 Å². The monoisotopic (exact) mass is 166 g/mol. The van der Waals surface area contributed by atoms with Crippen molar-refractivity contribution in [2.75, 3.05) is 0 Å². The van der Waals surface area contributed by atoms with E-state index in [-0.39, 0.29) is 18.3 Å². The van der Waals surface area contributed by atoms with Gasteiger partial charge in [-0.25, -0.2) is 4.79 Å². The number of carboxylic acids is 2. The third kappa shape index (κ3) is 6.75. The highest BCUT2D eigenvalue weighted by atomic mass is 16.4. The number of aliphatic carboxylic acids is 2. The van der Waals surface area contributed by atoms with Gasteiger partial charge >= 0.3 is 11.9 Å². The van der Waals surface area contributed by atoms with Crippen molar-refractivity contribution < 1.29 is 30.4 Å². The summed E-state index contributed by atoms with van der Waals surface area (Å²) in [7, 11) is 0. The SMILES string of the molecule is O.O=C(O)CC[C@H](O)C(=O)O. The first kappa shape index (κ1) is 12.5. The number of rotatable bonds is 4. The number of aliphatic hydroxyl groups excluding tert-OH is 1. The van der Waals surface area contributed by atoms with Gasteiger partial charge in [-0.05, 0) is 6.42 Å². The minimum absolute atomic E-state index is 0. The molecule has 0 spiro atoms. The van der Waals surface area contributed by atoms with Crippen LogP contribution < -0.4 is 0 Å². The molecular weight excluding hydrogens is 156 g/mol. The van der Waals surface area contributed by atoms with Crippen LogP contribution in [-0.4, -0.2) is 38.8 Å². The molecule has 0 aliphatic heterocycles. The van der Waals surface area contributed by atoms with Crippen molar-refractivity contribution >= 4 is 11.9 Å². The first-order valence-corrected chi connectivity index (χ1v) is 2.66. The highest BCUT2D eigenvalue weighted by Crippen LogP contribution is 1.95. The second kappa shape index (κ2) is 5.63. The van der Waals surface area contributed by atoms with Crippen molar-refractivity contribution in [2.24, 2.45) is 0 Å². The molecule has 0 fully saturated rings. The van der Waals surface area contributed by atoms with E-state index in [2.05, 4.69) is 0 Å². The minimum Gasteiger partial charge on any atom is -0.481 e. The number of hydrogen-bond acceptors (Lipinski definition) is 3. The molecule has 0 rings (SSSR count). The van der Waals surface area contributed by atoms with Gasteiger partial charge in [0, 0.05) is 6.42 Å². The van der Waals surface area contributed by atoms with Crippen LogP contribution >= 0.6 is 0 Å². The van der Waals surface area contributed by atoms with E-state index in [4.69, 9.17) is 15.3 Å². The molecule has 0 aliphatic carbocycles. The molecule has 0 heterocycles. The maximum absolute atomic E-state index is 9.87. The van der Waals surface area contributed by atoms with Crippen LogP contribution in [0.15, 0.2) is 0 Å². The quantitative estimate of drug-likeness (QED) is 0.467. The number of carboxylic acid groups (broad SMARTS) is 2. The first-order chi connectivity index (χ1) is 4.54. The molecule has 1 atom stereocenters. The Bertz CT molecular complexity index is 142. The van der Waals surface area contributed by atoms with Crippen LogP contribution in [0.2, 0.25) is 0 Å². The molecule has 0 saturated heterocycles. The third-order valence-corrected chi connectivity index (χ3v) is 0.917. The molecule has 0 aromatic carbocycles. The van der Waals surface area contributed by atoms with Crippen molar-refractivity contribution in [2.45, 2.75) is 18.9 Å². The van der Waals surface area contributed by atoms with Crippen molar-refractivity contribution in [1.82, 2.24) is 0 Å². The van der Waals surface area contributed by atoms with Gasteiger partial charge in [-0.2, -0.15) is 0 Å². The topological polar surface area (TPSA) is 126 Å². The maximum atomic E-state index is 9.87. The molecule has 0 unspecified atom stereocenters. The standard InChI is InChI=1S/C5H8O5.H2O/c6-3(5(9)10)1-2-4(7)8;/h3,6H,1-2H2,(H,7,8)(H,9,10);1H2/t3-;/m0./s1. The number of carbonyl (C=O) groups is 2. The molecule has 0 saturated carbocycles. The Morgan fingerprint density at radius 3 is 2.00 bits per heavy atom. The Hall–Kier alpha value is -1.14. The van der Waals surface area contributed by atoms with E-state index in [1.807, 2.05) is 0 Å². The second-order valence-electron chi connectivity index (χ2n) is 1.79. The second-order valence-corrected chi connectivity index (χ2v) is 1.79. The molecule has 6 heteroatoms. The Morgan fingerprint density at radius 1 is 1.27 bits per heavy atom. The Morgan fingerprint density at radius 2 is 1.73 bits per heavy atom. The molecule has 0 aromatic rings. The summed E-state index contributed by atoms with van der Waals surface area (Å²) in [4.78, 5) is 19.7. The average Bonchev–Trinajstić information content (AvgIpc) is 1.82. The minimum atomic E-state index is -1.56. The van der Waals surface area contributed by atoms with Gasteiger partial charge < -0.3 is 20.8 Å². The highest BCUT2D eigenvalue weighted by Gasteiger charge is 2.13. The van der Waals surface area contributed by atoms with Gasteiger partial charge in [-0.3, -0.25) is 4.79 Å². The van der Waals surface area contributed by atoms with Crippen molar-refractivity contribution in [3.05, 3.63) is 0 Å². The molecule has 0 bridgehead atoms. The normalized spacial score (nSPS) is 11.4. The summed E-state index contributed by atoms with van der Waals surface area (Å²) >= 11 is 0. The predicted octanol–water partition coefficient (Wildman–Crippen LogP) is -1.53. The van der Waals surface area contributed by atoms with E-state index >= 15 is 0 Å². The number of hydrogen-bond donors (Lipinski definition) is 3. The van der Waals surface area contributed by atoms with Crippen LogP contribution in [0.5, 0.6) is 0 Å². The van der Waals surface area contributed by atoms with Crippen molar-refractivity contribution in [3.63, 3.8) is 0 Å². The molecule has 0 aliphatic rings. The molecule has 0 aromatic heterocycles. The summed E-state index contributed by atoms with van der Waals surface area (Å²) in [5, 5.41) is 24.6. The molecule has 6 nitrogen and oxygen atoms in total. The zero-order valence-corrected chi connectivity index (χ0v) is 5.65. The van der Waals surface area contributed by atoms with E-state index in [1.165, 1.54) is 0 Å². The van der Waals surface area contributed by atoms with Gasteiger partial charge in [0.1, 0.15) is 0 Å². The predicted molar refractivity (Wildman–Crippen MR) is 34.1 cm³/mol. The van der Waals surface area contributed by atoms with Crippen molar-refractivity contribution in [3.8, 4) is 0 Å². The lowest BCUT2D eigenvalue weighted by Crippen LogP contribution is -2.20. The van der Waals surface area contributed by atoms with Crippen LogP contribution in [0.1, 0.15) is 12.8 Å². The third-order valence-electron chi connectivity index (χ3n) is 0.917. The van der Waals surface area contributed by atoms with Crippen LogP contribution in [-0.2, 0) is 9.59 Å². The van der Waals surface area contributed by atoms with Crippen molar-refractivity contribution in [1.29, 1.82) is 0 Å². The zero-order valence-electron chi connectivity index (χ0n) is 5.65. The lowest BCUT2D eigenvalue weighted by atomic mass is 10.2. The van der Waals surface area contributed by atoms with Crippen LogP contribution in [0.4, 0.5) is 0 Å². The molecule has 11 heavy (non-hydrogen) atoms. The summed E-state index contributed by atoms with van der Waals surface area (Å²) in [5.74, 6) is -2.50. The molecule has 0 radical (unpaired) electrons. The largest absolute Gasteiger partial charge is 0.481 e. The van der Waals surface area contributed by atoms with Gasteiger partial charge in [0.15, 0.2) is 6.10 Å². The van der Waals surface area contributed by atoms with E-state index < -0.39 is 18.0 Å². The fourth-order valence-corrected chi connectivity index (χ4v) is 0.384. The summed E-state index contributed by atoms with van der Waals surface area (Å²) in [6.45, 7) is 0. The van der Waals surface area contributed by atoms with E-state index in [0.717, 1.165) is 0 Å². The van der Waals surface area contributed by atoms with Gasteiger partial charge in [-0.1, -0.05) is 0 Å². The Balaban J connectivity index is 0. The lowest BCUT2D eigenvalue weighted by Gasteiger charge is -2.00. The fraction of sp³-hybridized carbons (Fsp3) is 0.600. The number of aliphatic hydroxyl groups is 1. The van der Waals surface area contributed by atoms with Crippen LogP contribution in [0.25, 0.3) is 0 Å². The highest BCUT2D eigenvalue weighted by molar-refractivity contribution is 5.73. The molecule has 66 valence electrons. The van der Waals surface area contributed by atoms with Gasteiger partial charge in [-0.15, -0.1) is 0 Å². The maximum Gasteiger partial charge on any atom is 0.332 e. The summed E-state index contributed by atoms with van der Waals surface area (Å²) in [5.41, 5.74) is 0. The Labute approximate surface area is 62.4 Å². The fourth-order valence-electron chi connectivity index (χ4n) is 0.384. The molecule has 0 amide bonds. The van der Waals surface area contributed by atoms with E-state index in [0.29, 0.717) is 0 Å². The lowest BCUT2D eigenvalue weighted by molar-refractivity contribution is -0.147. The van der Waals surface area contributed by atoms with Crippen LogP contribution in [0.3, 0.4) is 0 Å². The smallest absolute Gasteiger partial charge is 0.332 e. The molecule has 5 N–H and O–H groups in total. The van der Waals surface area contributed by atoms with E-state index in [1.54, 1.807) is 0 Å². The van der Waals surface area contributed by atoms with Gasteiger partial charge in [0.05, 0.1) is 0 Å². The summed E-state index contributed by atoms with van der Waals surface area (Å²) < 4.78 is 0. The van der Waals surface area contributed by atoms with Crippen LogP contribution in [0, 0.1) is 0 Å². The van der Waals surface area contributed by atoms with E-state index in [9.17, 15) is 9.59 Å². The summed E-state index contributed by atoms with van der Waals surface area (Å²) in [6.07, 6.45) is -2.13. The Kier molecular flexibility index (Phi) is 6.41. The average molecular weight is 166 g/mol. The summed E-state index contributed by atoms with van der Waals surface area (Å²) in [6, 6.07) is 0. The zero-order chi connectivity index (χ0) is 8.15. The first-order valence-electron chi connectivity index (χ1n) is 2.66. The molecular formula is C5H10O6. The van der Waals surface area contributed by atoms with Gasteiger partial charge in [0.25, 0.3) is 0 Å².